The molecule has 0 saturated carbocycles. The number of carbonyl (C=O) groups excluding carboxylic acids is 1. The molecule has 0 fully saturated rings. The van der Waals surface area contributed by atoms with Gasteiger partial charge in [-0.05, 0) is 42.8 Å². The zero-order chi connectivity index (χ0) is 20.2. The molecule has 0 unspecified atom stereocenters. The van der Waals surface area contributed by atoms with Crippen LogP contribution in [0.5, 0.6) is 0 Å². The molecule has 2 aromatic heterocycles. The predicted octanol–water partition coefficient (Wildman–Crippen LogP) is 3.55. The summed E-state index contributed by atoms with van der Waals surface area (Å²) < 4.78 is 14.0. The molecule has 144 valence electrons. The van der Waals surface area contributed by atoms with E-state index in [4.69, 9.17) is 0 Å². The summed E-state index contributed by atoms with van der Waals surface area (Å²) >= 11 is 0. The number of aromatic nitrogens is 5. The number of amides is 1. The van der Waals surface area contributed by atoms with Crippen molar-refractivity contribution in [2.75, 3.05) is 5.32 Å². The Morgan fingerprint density at radius 1 is 1.14 bits per heavy atom. The van der Waals surface area contributed by atoms with Crippen LogP contribution in [0, 0.1) is 12.7 Å². The average Bonchev–Trinajstić information content (AvgIpc) is 3.14. The minimum Gasteiger partial charge on any atom is -0.322 e. The highest BCUT2D eigenvalue weighted by molar-refractivity contribution is 6.04. The Morgan fingerprint density at radius 2 is 1.97 bits per heavy atom. The number of halogens is 1. The first kappa shape index (κ1) is 18.4. The fourth-order valence-electron chi connectivity index (χ4n) is 2.88. The average molecular weight is 388 g/mol. The molecule has 8 heteroatoms. The predicted molar refractivity (Wildman–Crippen MR) is 106 cm³/mol. The third-order valence-corrected chi connectivity index (χ3v) is 4.24. The number of nitrogens with one attached hydrogen (secondary N) is 2. The SMILES string of the molecule is Cc1nc(Cc2ccc(NC(=O)c3cc(F)cc(-c4cnccn4)c3)cc2)n[nH]1. The van der Waals surface area contributed by atoms with Crippen LogP contribution in [-0.4, -0.2) is 31.1 Å². The van der Waals surface area contributed by atoms with Gasteiger partial charge in [-0.25, -0.2) is 9.37 Å². The summed E-state index contributed by atoms with van der Waals surface area (Å²) in [6.07, 6.45) is 5.15. The van der Waals surface area contributed by atoms with E-state index in [1.807, 2.05) is 19.1 Å². The van der Waals surface area contributed by atoms with Gasteiger partial charge in [-0.1, -0.05) is 12.1 Å². The van der Waals surface area contributed by atoms with Crippen LogP contribution in [0.25, 0.3) is 11.3 Å². The second-order valence-electron chi connectivity index (χ2n) is 6.48. The fourth-order valence-corrected chi connectivity index (χ4v) is 2.88. The Labute approximate surface area is 166 Å². The number of carbonyl (C=O) groups is 1. The van der Waals surface area contributed by atoms with Crippen molar-refractivity contribution >= 4 is 11.6 Å². The van der Waals surface area contributed by atoms with Gasteiger partial charge in [0.05, 0.1) is 11.9 Å². The van der Waals surface area contributed by atoms with Crippen molar-refractivity contribution < 1.29 is 9.18 Å². The van der Waals surface area contributed by atoms with E-state index >= 15 is 0 Å². The molecule has 0 radical (unpaired) electrons. The molecule has 4 rings (SSSR count). The third-order valence-electron chi connectivity index (χ3n) is 4.24. The number of anilines is 1. The highest BCUT2D eigenvalue weighted by Gasteiger charge is 2.11. The molecule has 1 amide bonds. The highest BCUT2D eigenvalue weighted by Crippen LogP contribution is 2.20. The zero-order valence-electron chi connectivity index (χ0n) is 15.6. The van der Waals surface area contributed by atoms with Crippen LogP contribution in [0.3, 0.4) is 0 Å². The summed E-state index contributed by atoms with van der Waals surface area (Å²) in [5.41, 5.74) is 2.80. The molecule has 0 atom stereocenters. The van der Waals surface area contributed by atoms with Crippen molar-refractivity contribution in [1.82, 2.24) is 25.1 Å². The van der Waals surface area contributed by atoms with Crippen molar-refractivity contribution in [2.45, 2.75) is 13.3 Å². The molecule has 0 aliphatic carbocycles. The lowest BCUT2D eigenvalue weighted by atomic mass is 10.1. The van der Waals surface area contributed by atoms with E-state index in [2.05, 4.69) is 30.5 Å². The molecular formula is C21H17FN6O. The van der Waals surface area contributed by atoms with E-state index < -0.39 is 11.7 Å². The monoisotopic (exact) mass is 388 g/mol. The first-order valence-corrected chi connectivity index (χ1v) is 8.92. The van der Waals surface area contributed by atoms with E-state index in [-0.39, 0.29) is 5.56 Å². The van der Waals surface area contributed by atoms with E-state index in [1.54, 1.807) is 18.2 Å². The van der Waals surface area contributed by atoms with Crippen molar-refractivity contribution in [1.29, 1.82) is 0 Å². The smallest absolute Gasteiger partial charge is 0.255 e. The number of nitrogens with zero attached hydrogens (tertiary/aromatic N) is 4. The molecule has 0 aliphatic heterocycles. The summed E-state index contributed by atoms with van der Waals surface area (Å²) in [5, 5.41) is 9.70. The van der Waals surface area contributed by atoms with Gasteiger partial charge in [0, 0.05) is 35.6 Å². The molecule has 0 spiro atoms. The molecular weight excluding hydrogens is 371 g/mol. The normalized spacial score (nSPS) is 10.7. The minimum atomic E-state index is -0.518. The van der Waals surface area contributed by atoms with Gasteiger partial charge in [-0.2, -0.15) is 5.10 Å². The first-order valence-electron chi connectivity index (χ1n) is 8.92. The summed E-state index contributed by atoms with van der Waals surface area (Å²) in [6, 6.07) is 11.4. The lowest BCUT2D eigenvalue weighted by Crippen LogP contribution is -2.12. The maximum atomic E-state index is 14.0. The Morgan fingerprint density at radius 3 is 2.66 bits per heavy atom. The molecule has 0 aliphatic rings. The first-order chi connectivity index (χ1) is 14.1. The van der Waals surface area contributed by atoms with Gasteiger partial charge in [-0.15, -0.1) is 0 Å². The largest absolute Gasteiger partial charge is 0.322 e. The quantitative estimate of drug-likeness (QED) is 0.545. The Hall–Kier alpha value is -3.94. The minimum absolute atomic E-state index is 0.200. The summed E-state index contributed by atoms with van der Waals surface area (Å²) in [6.45, 7) is 1.84. The molecule has 2 N–H and O–H groups in total. The number of aromatic amines is 1. The molecule has 4 aromatic rings. The zero-order valence-corrected chi connectivity index (χ0v) is 15.6. The van der Waals surface area contributed by atoms with E-state index in [0.717, 1.165) is 11.4 Å². The van der Waals surface area contributed by atoms with Crippen LogP contribution in [-0.2, 0) is 6.42 Å². The number of aryl methyl sites for hydroxylation is 1. The number of H-pyrrole nitrogens is 1. The number of hydrogen-bond acceptors (Lipinski definition) is 5. The summed E-state index contributed by atoms with van der Waals surface area (Å²) in [4.78, 5) is 25.0. The second-order valence-corrected chi connectivity index (χ2v) is 6.48. The molecule has 0 saturated heterocycles. The van der Waals surface area contributed by atoms with Gasteiger partial charge in [0.2, 0.25) is 0 Å². The van der Waals surface area contributed by atoms with Gasteiger partial charge in [0.1, 0.15) is 11.6 Å². The van der Waals surface area contributed by atoms with Crippen molar-refractivity contribution in [3.63, 3.8) is 0 Å². The molecule has 0 bridgehead atoms. The lowest BCUT2D eigenvalue weighted by Gasteiger charge is -2.08. The topological polar surface area (TPSA) is 96.5 Å². The summed E-state index contributed by atoms with van der Waals surface area (Å²) in [5.74, 6) is 0.540. The van der Waals surface area contributed by atoms with Crippen LogP contribution in [0.15, 0.2) is 61.1 Å². The van der Waals surface area contributed by atoms with E-state index in [0.29, 0.717) is 29.2 Å². The Balaban J connectivity index is 1.48. The van der Waals surface area contributed by atoms with Crippen LogP contribution in [0.4, 0.5) is 10.1 Å². The van der Waals surface area contributed by atoms with Gasteiger partial charge in [0.25, 0.3) is 5.91 Å². The van der Waals surface area contributed by atoms with Crippen molar-refractivity contribution in [3.8, 4) is 11.3 Å². The lowest BCUT2D eigenvalue weighted by molar-refractivity contribution is 0.102. The number of hydrogen-bond donors (Lipinski definition) is 2. The third kappa shape index (κ3) is 4.49. The number of rotatable bonds is 5. The highest BCUT2D eigenvalue weighted by atomic mass is 19.1. The molecule has 2 aromatic carbocycles. The van der Waals surface area contributed by atoms with Gasteiger partial charge < -0.3 is 5.32 Å². The fraction of sp³-hybridized carbons (Fsp3) is 0.0952. The van der Waals surface area contributed by atoms with E-state index in [9.17, 15) is 9.18 Å². The van der Waals surface area contributed by atoms with Gasteiger partial charge in [-0.3, -0.25) is 19.9 Å². The summed E-state index contributed by atoms with van der Waals surface area (Å²) in [7, 11) is 0. The molecule has 29 heavy (non-hydrogen) atoms. The molecule has 2 heterocycles. The molecule has 7 nitrogen and oxygen atoms in total. The number of benzene rings is 2. The Kier molecular flexibility index (Phi) is 5.07. The standard InChI is InChI=1S/C21H17FN6O/c1-13-25-20(28-27-13)8-14-2-4-18(5-3-14)26-21(29)16-9-15(10-17(22)11-16)19-12-23-6-7-24-19/h2-7,9-12H,8H2,1H3,(H,26,29)(H,25,27,28). The van der Waals surface area contributed by atoms with E-state index in [1.165, 1.54) is 30.7 Å². The van der Waals surface area contributed by atoms with Crippen LogP contribution in [0.1, 0.15) is 27.6 Å². The Bertz CT molecular complexity index is 1140. The van der Waals surface area contributed by atoms with Gasteiger partial charge >= 0.3 is 0 Å². The van der Waals surface area contributed by atoms with Crippen LogP contribution >= 0.6 is 0 Å². The van der Waals surface area contributed by atoms with Crippen molar-refractivity contribution in [3.05, 3.63) is 89.6 Å². The van der Waals surface area contributed by atoms with Crippen LogP contribution in [0.2, 0.25) is 0 Å². The maximum absolute atomic E-state index is 14.0. The maximum Gasteiger partial charge on any atom is 0.255 e. The second kappa shape index (κ2) is 7.97. The van der Waals surface area contributed by atoms with Gasteiger partial charge in [0.15, 0.2) is 5.82 Å². The van der Waals surface area contributed by atoms with Crippen molar-refractivity contribution in [2.24, 2.45) is 0 Å². The van der Waals surface area contributed by atoms with Crippen LogP contribution < -0.4 is 5.32 Å².